The molecule has 0 saturated carbocycles. The predicted molar refractivity (Wildman–Crippen MR) is 129 cm³/mol. The van der Waals surface area contributed by atoms with Crippen molar-refractivity contribution in [2.24, 2.45) is 0 Å². The van der Waals surface area contributed by atoms with E-state index in [1.54, 1.807) is 26.6 Å². The summed E-state index contributed by atoms with van der Waals surface area (Å²) in [7, 11) is 1.68. The Kier molecular flexibility index (Phi) is 7.42. The number of aromatic nitrogens is 5. The van der Waals surface area contributed by atoms with E-state index in [4.69, 9.17) is 14.2 Å². The van der Waals surface area contributed by atoms with Crippen LogP contribution in [0.5, 0.6) is 11.5 Å². The summed E-state index contributed by atoms with van der Waals surface area (Å²) in [5.41, 5.74) is 1.62. The zero-order chi connectivity index (χ0) is 24.2. The maximum absolute atomic E-state index is 13.4. The van der Waals surface area contributed by atoms with Gasteiger partial charge in [-0.1, -0.05) is 13.0 Å². The number of hydrogen-bond acceptors (Lipinski definition) is 8. The summed E-state index contributed by atoms with van der Waals surface area (Å²) in [6.07, 6.45) is 4.35. The predicted octanol–water partition coefficient (Wildman–Crippen LogP) is 3.15. The number of nitrogens with one attached hydrogen (secondary N) is 1. The van der Waals surface area contributed by atoms with Crippen LogP contribution in [0.1, 0.15) is 49.3 Å². The first-order valence-electron chi connectivity index (χ1n) is 11.1. The molecule has 2 aromatic heterocycles. The highest BCUT2D eigenvalue weighted by Gasteiger charge is 2.31. The molecule has 1 aromatic carbocycles. The van der Waals surface area contributed by atoms with E-state index in [0.29, 0.717) is 48.0 Å². The number of nitrogens with zero attached hydrogens (tertiary/aromatic N) is 5. The van der Waals surface area contributed by atoms with Gasteiger partial charge in [0.2, 0.25) is 5.95 Å². The molecule has 0 spiro atoms. The zero-order valence-electron chi connectivity index (χ0n) is 20.0. The highest BCUT2D eigenvalue weighted by atomic mass is 32.2. The number of hydrogen-bond donors (Lipinski definition) is 1. The van der Waals surface area contributed by atoms with Gasteiger partial charge in [-0.3, -0.25) is 9.29 Å². The molecule has 4 atom stereocenters. The number of benzene rings is 1. The maximum Gasteiger partial charge on any atom is 0.241 e. The monoisotopic (exact) mass is 486 g/mol. The summed E-state index contributed by atoms with van der Waals surface area (Å²) in [6.45, 7) is 6.98. The Labute approximate surface area is 201 Å². The first kappa shape index (κ1) is 24.1. The molecule has 4 unspecified atom stereocenters. The van der Waals surface area contributed by atoms with E-state index in [0.717, 1.165) is 12.0 Å². The van der Waals surface area contributed by atoms with Gasteiger partial charge in [0.25, 0.3) is 0 Å². The van der Waals surface area contributed by atoms with Crippen molar-refractivity contribution < 1.29 is 18.4 Å². The second-order valence-electron chi connectivity index (χ2n) is 8.30. The highest BCUT2D eigenvalue weighted by molar-refractivity contribution is 7.87. The van der Waals surface area contributed by atoms with Crippen LogP contribution < -0.4 is 14.2 Å². The van der Waals surface area contributed by atoms with Crippen molar-refractivity contribution in [3.63, 3.8) is 0 Å². The first-order chi connectivity index (χ1) is 16.4. The average molecular weight is 487 g/mol. The van der Waals surface area contributed by atoms with Gasteiger partial charge in [-0.2, -0.15) is 0 Å². The Hall–Kier alpha value is -3.05. The zero-order valence-corrected chi connectivity index (χ0v) is 20.8. The minimum Gasteiger partial charge on any atom is -0.494 e. The number of ether oxygens (including phenoxy) is 3. The van der Waals surface area contributed by atoms with Gasteiger partial charge in [0.1, 0.15) is 39.8 Å². The molecule has 1 fully saturated rings. The van der Waals surface area contributed by atoms with Gasteiger partial charge >= 0.3 is 0 Å². The van der Waals surface area contributed by atoms with Gasteiger partial charge in [-0.15, -0.1) is 10.2 Å². The van der Waals surface area contributed by atoms with Gasteiger partial charge < -0.3 is 14.2 Å². The van der Waals surface area contributed by atoms with Crippen LogP contribution in [0, 0.1) is 6.92 Å². The van der Waals surface area contributed by atoms with Gasteiger partial charge in [0, 0.05) is 30.8 Å². The van der Waals surface area contributed by atoms with Gasteiger partial charge in [0.05, 0.1) is 26.1 Å². The van der Waals surface area contributed by atoms with Crippen molar-refractivity contribution in [1.29, 1.82) is 0 Å². The summed E-state index contributed by atoms with van der Waals surface area (Å²) in [4.78, 5) is 8.80. The van der Waals surface area contributed by atoms with Crippen molar-refractivity contribution in [2.45, 2.75) is 44.3 Å². The molecule has 1 saturated heterocycles. The minimum atomic E-state index is -1.51. The third-order valence-corrected chi connectivity index (χ3v) is 7.52. The molecule has 0 amide bonds. The minimum absolute atomic E-state index is 0.0448. The fourth-order valence-electron chi connectivity index (χ4n) is 3.85. The largest absolute Gasteiger partial charge is 0.494 e. The lowest BCUT2D eigenvalue weighted by molar-refractivity contribution is 0.193. The topological polar surface area (TPSA) is 113 Å². The second-order valence-corrected chi connectivity index (χ2v) is 9.84. The third kappa shape index (κ3) is 4.76. The molecule has 0 radical (unpaired) electrons. The average Bonchev–Trinajstić information content (AvgIpc) is 3.53. The lowest BCUT2D eigenvalue weighted by Gasteiger charge is -2.21. The molecule has 1 N–H and O–H groups in total. The molecule has 11 heteroatoms. The van der Waals surface area contributed by atoms with Gasteiger partial charge in [-0.05, 0) is 38.0 Å². The Balaban J connectivity index is 1.70. The Morgan fingerprint density at radius 2 is 1.82 bits per heavy atom. The number of methoxy groups -OCH3 is 2. The lowest BCUT2D eigenvalue weighted by atomic mass is 10.1. The van der Waals surface area contributed by atoms with Gasteiger partial charge in [-0.25, -0.2) is 14.2 Å². The molecule has 1 aliphatic rings. The fraction of sp³-hybridized carbons (Fsp3) is 0.478. The van der Waals surface area contributed by atoms with Crippen molar-refractivity contribution in [1.82, 2.24) is 24.7 Å². The molecule has 10 nitrogen and oxygen atoms in total. The van der Waals surface area contributed by atoms with E-state index in [1.165, 1.54) is 0 Å². The van der Waals surface area contributed by atoms with E-state index < -0.39 is 11.0 Å². The molecule has 182 valence electrons. The van der Waals surface area contributed by atoms with E-state index >= 15 is 0 Å². The molecule has 4 rings (SSSR count). The summed E-state index contributed by atoms with van der Waals surface area (Å²) in [6, 6.07) is 5.53. The lowest BCUT2D eigenvalue weighted by Crippen LogP contribution is -2.26. The first-order valence-corrected chi connectivity index (χ1v) is 12.4. The Bertz CT molecular complexity index is 1120. The number of rotatable bonds is 9. The van der Waals surface area contributed by atoms with Gasteiger partial charge in [0.15, 0.2) is 0 Å². The molecule has 0 aliphatic carbocycles. The molecule has 0 bridgehead atoms. The number of anilines is 1. The smallest absolute Gasteiger partial charge is 0.241 e. The summed E-state index contributed by atoms with van der Waals surface area (Å²) in [5, 5.41) is 8.52. The summed E-state index contributed by atoms with van der Waals surface area (Å²) in [5.74, 6) is 2.75. The van der Waals surface area contributed by atoms with Crippen molar-refractivity contribution in [3.8, 4) is 17.2 Å². The van der Waals surface area contributed by atoms with Crippen LogP contribution in [-0.2, 0) is 15.7 Å². The SMILES string of the molecule is COc1cccc(OC)c1-n1c(NS(=O)C(C)C(C)c2ncc(C)cn2)nnc1C1CCOC1. The highest BCUT2D eigenvalue weighted by Crippen LogP contribution is 2.38. The van der Waals surface area contributed by atoms with Crippen LogP contribution in [0.4, 0.5) is 5.95 Å². The maximum atomic E-state index is 13.4. The Morgan fingerprint density at radius 1 is 1.15 bits per heavy atom. The van der Waals surface area contributed by atoms with E-state index in [9.17, 15) is 4.21 Å². The number of para-hydroxylation sites is 1. The van der Waals surface area contributed by atoms with Crippen LogP contribution in [0.15, 0.2) is 30.6 Å². The van der Waals surface area contributed by atoms with Crippen LogP contribution in [0.3, 0.4) is 0 Å². The molecular formula is C23H30N6O4S. The quantitative estimate of drug-likeness (QED) is 0.491. The van der Waals surface area contributed by atoms with Crippen LogP contribution >= 0.6 is 0 Å². The summed E-state index contributed by atoms with van der Waals surface area (Å²) < 4.78 is 35.2. The third-order valence-electron chi connectivity index (χ3n) is 6.05. The molecule has 3 aromatic rings. The van der Waals surface area contributed by atoms with E-state index in [-0.39, 0.29) is 17.1 Å². The summed E-state index contributed by atoms with van der Waals surface area (Å²) >= 11 is 0. The van der Waals surface area contributed by atoms with Crippen molar-refractivity contribution in [3.05, 3.63) is 47.8 Å². The van der Waals surface area contributed by atoms with Crippen LogP contribution in [-0.4, -0.2) is 61.6 Å². The fourth-order valence-corrected chi connectivity index (χ4v) is 4.84. The van der Waals surface area contributed by atoms with Crippen LogP contribution in [0.25, 0.3) is 5.69 Å². The van der Waals surface area contributed by atoms with Crippen molar-refractivity contribution >= 4 is 16.9 Å². The molecule has 34 heavy (non-hydrogen) atoms. The molecule has 3 heterocycles. The Morgan fingerprint density at radius 3 is 2.41 bits per heavy atom. The van der Waals surface area contributed by atoms with Crippen molar-refractivity contribution in [2.75, 3.05) is 32.2 Å². The molecule has 1 aliphatic heterocycles. The molecular weight excluding hydrogens is 456 g/mol. The number of aryl methyl sites for hydroxylation is 1. The normalized spacial score (nSPS) is 18.3. The standard InChI is InChI=1S/C23H30N6O4S/c1-14-11-24-21(25-12-14)15(2)16(3)34(30)28-23-27-26-22(17-9-10-33-13-17)29(23)20-18(31-4)7-6-8-19(20)32-5/h6-8,11-12,15-17H,9-10,13H2,1-5H3,(H,27,28). The second kappa shape index (κ2) is 10.5. The van der Waals surface area contributed by atoms with Crippen LogP contribution in [0.2, 0.25) is 0 Å². The van der Waals surface area contributed by atoms with E-state index in [2.05, 4.69) is 24.9 Å². The van der Waals surface area contributed by atoms with E-state index in [1.807, 2.05) is 43.5 Å².